The number of methoxy groups -OCH3 is 1. The van der Waals surface area contributed by atoms with Gasteiger partial charge in [-0.3, -0.25) is 9.59 Å². The van der Waals surface area contributed by atoms with E-state index in [9.17, 15) is 9.59 Å². The van der Waals surface area contributed by atoms with Crippen molar-refractivity contribution in [1.82, 2.24) is 14.9 Å². The van der Waals surface area contributed by atoms with Crippen LogP contribution in [0.3, 0.4) is 0 Å². The van der Waals surface area contributed by atoms with Crippen molar-refractivity contribution >= 4 is 5.91 Å². The van der Waals surface area contributed by atoms with Crippen LogP contribution in [0.25, 0.3) is 0 Å². The Kier molecular flexibility index (Phi) is 5.09. The van der Waals surface area contributed by atoms with Gasteiger partial charge in [0.2, 0.25) is 11.8 Å². The lowest BCUT2D eigenvalue weighted by atomic mass is 10.2. The Morgan fingerprint density at radius 3 is 3.00 bits per heavy atom. The molecule has 2 heterocycles. The summed E-state index contributed by atoms with van der Waals surface area (Å²) < 4.78 is 6.53. The zero-order chi connectivity index (χ0) is 15.1. The standard InChI is InChI=1S/C15H17N3O3/c1-21-14-10-12(5-7-16-14)11-17-13(19)6-9-18-8-3-2-4-15(18)20/h2-5,7-8,10H,6,9,11H2,1H3,(H,17,19). The van der Waals surface area contributed by atoms with Crippen molar-refractivity contribution in [1.29, 1.82) is 0 Å². The Morgan fingerprint density at radius 2 is 2.24 bits per heavy atom. The van der Waals surface area contributed by atoms with Gasteiger partial charge in [-0.2, -0.15) is 0 Å². The number of ether oxygens (including phenoxy) is 1. The van der Waals surface area contributed by atoms with E-state index in [0.29, 0.717) is 19.0 Å². The summed E-state index contributed by atoms with van der Waals surface area (Å²) in [6, 6.07) is 8.49. The number of aromatic nitrogens is 2. The number of pyridine rings is 2. The predicted molar refractivity (Wildman–Crippen MR) is 78.0 cm³/mol. The molecule has 1 N–H and O–H groups in total. The van der Waals surface area contributed by atoms with E-state index in [-0.39, 0.29) is 17.9 Å². The SMILES string of the molecule is COc1cc(CNC(=O)CCn2ccccc2=O)ccn1. The molecule has 110 valence electrons. The molecule has 0 spiro atoms. The zero-order valence-electron chi connectivity index (χ0n) is 11.8. The smallest absolute Gasteiger partial charge is 0.250 e. The first kappa shape index (κ1) is 14.8. The molecule has 0 aromatic carbocycles. The normalized spacial score (nSPS) is 10.1. The Balaban J connectivity index is 1.82. The molecule has 21 heavy (non-hydrogen) atoms. The minimum atomic E-state index is -0.110. The fourth-order valence-corrected chi connectivity index (χ4v) is 1.83. The van der Waals surface area contributed by atoms with Gasteiger partial charge in [0.25, 0.3) is 5.56 Å². The number of nitrogens with one attached hydrogen (secondary N) is 1. The highest BCUT2D eigenvalue weighted by molar-refractivity contribution is 5.75. The first-order valence-electron chi connectivity index (χ1n) is 6.60. The summed E-state index contributed by atoms with van der Waals surface area (Å²) in [4.78, 5) is 27.3. The molecule has 0 atom stereocenters. The second kappa shape index (κ2) is 7.23. The Hall–Kier alpha value is -2.63. The van der Waals surface area contributed by atoms with Crippen molar-refractivity contribution in [2.24, 2.45) is 0 Å². The molecule has 0 bridgehead atoms. The van der Waals surface area contributed by atoms with E-state index in [1.807, 2.05) is 6.07 Å². The van der Waals surface area contributed by atoms with Gasteiger partial charge in [-0.25, -0.2) is 4.98 Å². The Bertz CT molecular complexity index is 667. The number of aryl methyl sites for hydroxylation is 1. The van der Waals surface area contributed by atoms with E-state index in [0.717, 1.165) is 5.56 Å². The second-order valence-electron chi connectivity index (χ2n) is 4.47. The molecule has 0 radical (unpaired) electrons. The molecule has 0 aliphatic carbocycles. The lowest BCUT2D eigenvalue weighted by Crippen LogP contribution is -2.26. The van der Waals surface area contributed by atoms with Crippen LogP contribution in [-0.4, -0.2) is 22.6 Å². The molecule has 0 saturated carbocycles. The average molecular weight is 287 g/mol. The number of carbonyl (C=O) groups is 1. The quantitative estimate of drug-likeness (QED) is 0.859. The van der Waals surface area contributed by atoms with Crippen LogP contribution in [0.5, 0.6) is 5.88 Å². The average Bonchev–Trinajstić information content (AvgIpc) is 2.52. The summed E-state index contributed by atoms with van der Waals surface area (Å²) in [7, 11) is 1.54. The van der Waals surface area contributed by atoms with E-state index in [2.05, 4.69) is 10.3 Å². The van der Waals surface area contributed by atoms with Gasteiger partial charge in [0, 0.05) is 44.0 Å². The van der Waals surface area contributed by atoms with Gasteiger partial charge in [0.1, 0.15) is 0 Å². The molecule has 0 fully saturated rings. The lowest BCUT2D eigenvalue weighted by molar-refractivity contribution is -0.121. The van der Waals surface area contributed by atoms with Crippen LogP contribution >= 0.6 is 0 Å². The van der Waals surface area contributed by atoms with Crippen molar-refractivity contribution in [2.45, 2.75) is 19.5 Å². The molecule has 0 saturated heterocycles. The van der Waals surface area contributed by atoms with E-state index < -0.39 is 0 Å². The van der Waals surface area contributed by atoms with Gasteiger partial charge < -0.3 is 14.6 Å². The van der Waals surface area contributed by atoms with Crippen LogP contribution in [0.15, 0.2) is 47.5 Å². The Morgan fingerprint density at radius 1 is 1.38 bits per heavy atom. The van der Waals surface area contributed by atoms with Gasteiger partial charge >= 0.3 is 0 Å². The third-order valence-corrected chi connectivity index (χ3v) is 2.98. The van der Waals surface area contributed by atoms with Crippen molar-refractivity contribution in [3.8, 4) is 5.88 Å². The fraction of sp³-hybridized carbons (Fsp3) is 0.267. The summed E-state index contributed by atoms with van der Waals surface area (Å²) in [5.41, 5.74) is 0.802. The highest BCUT2D eigenvalue weighted by atomic mass is 16.5. The minimum absolute atomic E-state index is 0.107. The first-order chi connectivity index (χ1) is 10.2. The van der Waals surface area contributed by atoms with Gasteiger partial charge in [-0.1, -0.05) is 6.07 Å². The summed E-state index contributed by atoms with van der Waals surface area (Å²) in [5.74, 6) is 0.402. The molecular weight excluding hydrogens is 270 g/mol. The number of amides is 1. The largest absolute Gasteiger partial charge is 0.481 e. The monoisotopic (exact) mass is 287 g/mol. The van der Waals surface area contributed by atoms with Crippen LogP contribution < -0.4 is 15.6 Å². The van der Waals surface area contributed by atoms with Crippen LogP contribution in [0, 0.1) is 0 Å². The van der Waals surface area contributed by atoms with Crippen molar-refractivity contribution in [2.75, 3.05) is 7.11 Å². The molecule has 1 amide bonds. The molecule has 0 aliphatic rings. The van der Waals surface area contributed by atoms with E-state index in [1.54, 1.807) is 37.7 Å². The molecule has 2 aromatic rings. The van der Waals surface area contributed by atoms with E-state index in [4.69, 9.17) is 4.74 Å². The third-order valence-electron chi connectivity index (χ3n) is 2.98. The van der Waals surface area contributed by atoms with Gasteiger partial charge in [-0.05, 0) is 17.7 Å². The van der Waals surface area contributed by atoms with E-state index in [1.165, 1.54) is 10.6 Å². The van der Waals surface area contributed by atoms with Crippen LogP contribution in [0.2, 0.25) is 0 Å². The molecule has 0 aliphatic heterocycles. The summed E-state index contributed by atoms with van der Waals surface area (Å²) in [6.07, 6.45) is 3.55. The molecule has 2 aromatic heterocycles. The number of hydrogen-bond acceptors (Lipinski definition) is 4. The summed E-state index contributed by atoms with van der Waals surface area (Å²) >= 11 is 0. The summed E-state index contributed by atoms with van der Waals surface area (Å²) in [6.45, 7) is 0.770. The third kappa shape index (κ3) is 4.45. The predicted octanol–water partition coefficient (Wildman–Crippen LogP) is 0.958. The van der Waals surface area contributed by atoms with Gasteiger partial charge in [0.15, 0.2) is 0 Å². The number of hydrogen-bond donors (Lipinski definition) is 1. The lowest BCUT2D eigenvalue weighted by Gasteiger charge is -2.07. The molecular formula is C15H17N3O3. The highest BCUT2D eigenvalue weighted by Gasteiger charge is 2.03. The Labute approximate surface area is 122 Å². The maximum Gasteiger partial charge on any atom is 0.250 e. The topological polar surface area (TPSA) is 73.2 Å². The maximum absolute atomic E-state index is 11.8. The van der Waals surface area contributed by atoms with Crippen LogP contribution in [0.1, 0.15) is 12.0 Å². The van der Waals surface area contributed by atoms with Crippen molar-refractivity contribution in [3.05, 3.63) is 58.6 Å². The second-order valence-corrected chi connectivity index (χ2v) is 4.47. The van der Waals surface area contributed by atoms with Gasteiger partial charge in [-0.15, -0.1) is 0 Å². The number of carbonyl (C=O) groups excluding carboxylic acids is 1. The van der Waals surface area contributed by atoms with E-state index >= 15 is 0 Å². The van der Waals surface area contributed by atoms with Crippen molar-refractivity contribution in [3.63, 3.8) is 0 Å². The van der Waals surface area contributed by atoms with Gasteiger partial charge in [0.05, 0.1) is 7.11 Å². The first-order valence-corrected chi connectivity index (χ1v) is 6.60. The fourth-order valence-electron chi connectivity index (χ4n) is 1.83. The van der Waals surface area contributed by atoms with Crippen molar-refractivity contribution < 1.29 is 9.53 Å². The molecule has 6 nitrogen and oxygen atoms in total. The molecule has 6 heteroatoms. The van der Waals surface area contributed by atoms with Crippen LogP contribution in [-0.2, 0) is 17.9 Å². The highest BCUT2D eigenvalue weighted by Crippen LogP contribution is 2.08. The number of rotatable bonds is 6. The minimum Gasteiger partial charge on any atom is -0.481 e. The van der Waals surface area contributed by atoms with Crippen LogP contribution in [0.4, 0.5) is 0 Å². The maximum atomic E-state index is 11.8. The molecule has 2 rings (SSSR count). The zero-order valence-corrected chi connectivity index (χ0v) is 11.8. The summed E-state index contributed by atoms with van der Waals surface area (Å²) in [5, 5.41) is 2.80. The molecule has 0 unspecified atom stereocenters. The number of nitrogens with zero attached hydrogens (tertiary/aromatic N) is 2.